The van der Waals surface area contributed by atoms with E-state index in [-0.39, 0.29) is 0 Å². The third-order valence-electron chi connectivity index (χ3n) is 4.89. The van der Waals surface area contributed by atoms with Crippen LogP contribution in [0, 0.1) is 5.92 Å². The summed E-state index contributed by atoms with van der Waals surface area (Å²) in [5.74, 6) is 0.757. The minimum absolute atomic E-state index is 0.330. The van der Waals surface area contributed by atoms with Crippen LogP contribution in [-0.4, -0.2) is 38.5 Å². The van der Waals surface area contributed by atoms with Crippen LogP contribution in [0.1, 0.15) is 19.8 Å². The average Bonchev–Trinajstić information content (AvgIpc) is 3.14. The maximum absolute atomic E-state index is 11.9. The molecule has 0 radical (unpaired) electrons. The molecule has 0 amide bonds. The second kappa shape index (κ2) is 8.27. The molecular formula is C20H21ClN4OS2. The van der Waals surface area contributed by atoms with E-state index in [1.54, 1.807) is 23.8 Å². The number of anilines is 1. The summed E-state index contributed by atoms with van der Waals surface area (Å²) in [4.78, 5) is 16.9. The van der Waals surface area contributed by atoms with Gasteiger partial charge in [0.15, 0.2) is 5.13 Å². The topological polar surface area (TPSA) is 59.0 Å². The Balaban J connectivity index is 1.81. The van der Waals surface area contributed by atoms with Crippen molar-refractivity contribution in [3.8, 4) is 21.8 Å². The Bertz CT molecular complexity index is 1010. The summed E-state index contributed by atoms with van der Waals surface area (Å²) in [5.41, 5.74) is 2.55. The van der Waals surface area contributed by atoms with Gasteiger partial charge in [0, 0.05) is 36.1 Å². The number of hydrogen-bond acceptors (Lipinski definition) is 6. The van der Waals surface area contributed by atoms with Gasteiger partial charge in [-0.1, -0.05) is 42.0 Å². The summed E-state index contributed by atoms with van der Waals surface area (Å²) in [5, 5.41) is 1.99. The van der Waals surface area contributed by atoms with Crippen LogP contribution in [0.3, 0.4) is 0 Å². The fourth-order valence-corrected chi connectivity index (χ4v) is 4.99. The van der Waals surface area contributed by atoms with E-state index in [0.29, 0.717) is 10.2 Å². The number of halogens is 1. The van der Waals surface area contributed by atoms with Gasteiger partial charge in [-0.15, -0.1) is 0 Å². The van der Waals surface area contributed by atoms with Crippen molar-refractivity contribution in [2.45, 2.75) is 24.9 Å². The molecular weight excluding hydrogens is 412 g/mol. The first-order valence-electron chi connectivity index (χ1n) is 9.20. The number of aromatic nitrogens is 3. The van der Waals surface area contributed by atoms with Crippen LogP contribution < -0.4 is 4.90 Å². The van der Waals surface area contributed by atoms with Crippen LogP contribution in [0.5, 0.6) is 0 Å². The van der Waals surface area contributed by atoms with Crippen LogP contribution in [0.4, 0.5) is 5.13 Å². The van der Waals surface area contributed by atoms with E-state index in [0.717, 1.165) is 46.0 Å². The molecule has 5 nitrogen and oxygen atoms in total. The molecule has 0 spiro atoms. The van der Waals surface area contributed by atoms with Crippen molar-refractivity contribution in [3.63, 3.8) is 0 Å². The van der Waals surface area contributed by atoms with Gasteiger partial charge >= 0.3 is 0 Å². The molecule has 8 heteroatoms. The number of thiazole rings is 1. The molecule has 4 rings (SSSR count). The number of nitrogens with zero attached hydrogens (tertiary/aromatic N) is 4. The van der Waals surface area contributed by atoms with Gasteiger partial charge in [0.1, 0.15) is 0 Å². The van der Waals surface area contributed by atoms with Crippen molar-refractivity contribution >= 4 is 38.9 Å². The third-order valence-corrected chi connectivity index (χ3v) is 6.98. The van der Waals surface area contributed by atoms with Crippen molar-refractivity contribution in [2.75, 3.05) is 24.2 Å². The highest BCUT2D eigenvalue weighted by molar-refractivity contribution is 7.84. The Labute approximate surface area is 176 Å². The van der Waals surface area contributed by atoms with Gasteiger partial charge in [-0.2, -0.15) is 0 Å². The Kier molecular flexibility index (Phi) is 5.75. The maximum Gasteiger partial charge on any atom is 0.218 e. The molecule has 2 aromatic heterocycles. The smallest absolute Gasteiger partial charge is 0.218 e. The standard InChI is InChI=1S/C20H21ClN4OS2/c1-13-7-10-25(11-8-13)20-24-17(14-4-3-5-15(21)12-14)18(27-20)16-6-9-22-19(23-16)28(2)26/h3-6,9,12-13H,7-8,10-11H2,1-2H3. The van der Waals surface area contributed by atoms with Gasteiger partial charge in [-0.25, -0.2) is 15.0 Å². The largest absolute Gasteiger partial charge is 0.348 e. The minimum atomic E-state index is -1.24. The summed E-state index contributed by atoms with van der Waals surface area (Å²) in [6, 6.07) is 9.55. The fourth-order valence-electron chi connectivity index (χ4n) is 3.25. The SMILES string of the molecule is CC1CCN(c2nc(-c3cccc(Cl)c3)c(-c3ccnc(S(C)=O)n3)s2)CC1. The molecule has 1 aromatic carbocycles. The summed E-state index contributed by atoms with van der Waals surface area (Å²) < 4.78 is 11.9. The lowest BCUT2D eigenvalue weighted by molar-refractivity contribution is 0.438. The van der Waals surface area contributed by atoms with Gasteiger partial charge in [-0.05, 0) is 37.0 Å². The predicted octanol–water partition coefficient (Wildman–Crippen LogP) is 4.89. The Hall–Kier alpha value is -1.83. The van der Waals surface area contributed by atoms with Crippen molar-refractivity contribution in [2.24, 2.45) is 5.92 Å². The lowest BCUT2D eigenvalue weighted by atomic mass is 10.00. The minimum Gasteiger partial charge on any atom is -0.348 e. The lowest BCUT2D eigenvalue weighted by Crippen LogP contribution is -2.32. The van der Waals surface area contributed by atoms with Crippen LogP contribution in [0.2, 0.25) is 5.02 Å². The molecule has 0 N–H and O–H groups in total. The van der Waals surface area contributed by atoms with E-state index >= 15 is 0 Å². The molecule has 1 fully saturated rings. The van der Waals surface area contributed by atoms with Gasteiger partial charge < -0.3 is 4.90 Å². The van der Waals surface area contributed by atoms with E-state index in [1.807, 2.05) is 30.3 Å². The average molecular weight is 433 g/mol. The van der Waals surface area contributed by atoms with Gasteiger partial charge in [0.25, 0.3) is 0 Å². The molecule has 146 valence electrons. The first kappa shape index (κ1) is 19.5. The fraction of sp³-hybridized carbons (Fsp3) is 0.350. The van der Waals surface area contributed by atoms with Gasteiger partial charge in [0.2, 0.25) is 5.16 Å². The highest BCUT2D eigenvalue weighted by atomic mass is 35.5. The van der Waals surface area contributed by atoms with Crippen LogP contribution in [-0.2, 0) is 10.8 Å². The van der Waals surface area contributed by atoms with Crippen molar-refractivity contribution < 1.29 is 4.21 Å². The van der Waals surface area contributed by atoms with E-state index in [1.165, 1.54) is 12.8 Å². The van der Waals surface area contributed by atoms with Crippen LogP contribution >= 0.6 is 22.9 Å². The Morgan fingerprint density at radius 1 is 1.21 bits per heavy atom. The highest BCUT2D eigenvalue weighted by Crippen LogP contribution is 2.41. The zero-order valence-corrected chi connectivity index (χ0v) is 18.2. The molecule has 0 aliphatic carbocycles. The first-order valence-corrected chi connectivity index (χ1v) is 11.9. The maximum atomic E-state index is 11.9. The highest BCUT2D eigenvalue weighted by Gasteiger charge is 2.23. The Morgan fingerprint density at radius 2 is 2.00 bits per heavy atom. The zero-order valence-electron chi connectivity index (χ0n) is 15.8. The van der Waals surface area contributed by atoms with Crippen LogP contribution in [0.25, 0.3) is 21.8 Å². The molecule has 1 atom stereocenters. The number of benzene rings is 1. The van der Waals surface area contributed by atoms with Gasteiger partial charge in [0.05, 0.1) is 27.1 Å². The monoisotopic (exact) mass is 432 g/mol. The molecule has 3 heterocycles. The molecule has 1 unspecified atom stereocenters. The number of piperidine rings is 1. The molecule has 1 aliphatic heterocycles. The summed E-state index contributed by atoms with van der Waals surface area (Å²) in [6.07, 6.45) is 5.59. The summed E-state index contributed by atoms with van der Waals surface area (Å²) >= 11 is 7.85. The molecule has 28 heavy (non-hydrogen) atoms. The van der Waals surface area contributed by atoms with E-state index in [9.17, 15) is 4.21 Å². The van der Waals surface area contributed by atoms with Crippen molar-refractivity contribution in [1.82, 2.24) is 15.0 Å². The molecule has 3 aromatic rings. The molecule has 1 aliphatic rings. The van der Waals surface area contributed by atoms with E-state index < -0.39 is 10.8 Å². The molecule has 0 bridgehead atoms. The third kappa shape index (κ3) is 4.11. The van der Waals surface area contributed by atoms with Gasteiger partial charge in [-0.3, -0.25) is 4.21 Å². The molecule has 0 saturated carbocycles. The Morgan fingerprint density at radius 3 is 2.71 bits per heavy atom. The van der Waals surface area contributed by atoms with E-state index in [4.69, 9.17) is 16.6 Å². The van der Waals surface area contributed by atoms with E-state index in [2.05, 4.69) is 21.8 Å². The number of hydrogen-bond donors (Lipinski definition) is 0. The van der Waals surface area contributed by atoms with Crippen molar-refractivity contribution in [1.29, 1.82) is 0 Å². The first-order chi connectivity index (χ1) is 13.5. The van der Waals surface area contributed by atoms with Crippen LogP contribution in [0.15, 0.2) is 41.7 Å². The lowest BCUT2D eigenvalue weighted by Gasteiger charge is -2.29. The zero-order chi connectivity index (χ0) is 19.7. The summed E-state index contributed by atoms with van der Waals surface area (Å²) in [6.45, 7) is 4.32. The second-order valence-corrected chi connectivity index (χ2v) is 9.72. The number of rotatable bonds is 4. The summed E-state index contributed by atoms with van der Waals surface area (Å²) in [7, 11) is -1.24. The predicted molar refractivity (Wildman–Crippen MR) is 117 cm³/mol. The van der Waals surface area contributed by atoms with Crippen molar-refractivity contribution in [3.05, 3.63) is 41.6 Å². The quantitative estimate of drug-likeness (QED) is 0.549. The second-order valence-electron chi connectivity index (χ2n) is 7.03. The molecule has 1 saturated heterocycles. The normalized spacial score (nSPS) is 16.3.